The van der Waals surface area contributed by atoms with Gasteiger partial charge in [-0.2, -0.15) is 0 Å². The highest BCUT2D eigenvalue weighted by Gasteiger charge is 2.23. The predicted octanol–water partition coefficient (Wildman–Crippen LogP) is 1.26. The number of cyclic esters (lactones) is 2. The minimum absolute atomic E-state index is 0.227. The van der Waals surface area contributed by atoms with Gasteiger partial charge in [0.2, 0.25) is 0 Å². The molecule has 1 aliphatic heterocycles. The van der Waals surface area contributed by atoms with Gasteiger partial charge in [0.25, 0.3) is 0 Å². The lowest BCUT2D eigenvalue weighted by Crippen LogP contribution is -2.03. The maximum absolute atomic E-state index is 10.2. The van der Waals surface area contributed by atoms with Crippen molar-refractivity contribution in [1.29, 1.82) is 0 Å². The van der Waals surface area contributed by atoms with Gasteiger partial charge in [0.15, 0.2) is 6.61 Å². The third-order valence-electron chi connectivity index (χ3n) is 0.963. The minimum atomic E-state index is -0.623. The first-order valence-corrected chi connectivity index (χ1v) is 2.64. The summed E-state index contributed by atoms with van der Waals surface area (Å²) in [5, 5.41) is 0. The van der Waals surface area contributed by atoms with E-state index in [2.05, 4.69) is 16.1 Å². The van der Waals surface area contributed by atoms with Crippen molar-refractivity contribution in [1.82, 2.24) is 0 Å². The van der Waals surface area contributed by atoms with Gasteiger partial charge in [-0.15, -0.1) is 6.58 Å². The zero-order valence-corrected chi connectivity index (χ0v) is 4.87. The van der Waals surface area contributed by atoms with Crippen LogP contribution in [0.25, 0.3) is 0 Å². The number of hydrogen-bond donors (Lipinski definition) is 0. The van der Waals surface area contributed by atoms with Crippen molar-refractivity contribution in [3.8, 4) is 0 Å². The fourth-order valence-corrected chi connectivity index (χ4v) is 0.579. The highest BCUT2D eigenvalue weighted by atomic mass is 16.8. The van der Waals surface area contributed by atoms with Crippen LogP contribution in [0.2, 0.25) is 0 Å². The summed E-state index contributed by atoms with van der Waals surface area (Å²) in [5.74, 6) is 0. The fourth-order valence-electron chi connectivity index (χ4n) is 0.579. The lowest BCUT2D eigenvalue weighted by Gasteiger charge is -1.97. The van der Waals surface area contributed by atoms with Crippen molar-refractivity contribution in [2.75, 3.05) is 0 Å². The fraction of sp³-hybridized carbons (Fsp3) is 0.333. The topological polar surface area (TPSA) is 35.5 Å². The molecule has 0 N–H and O–H groups in total. The molecular weight excluding hydrogens is 120 g/mol. The molecule has 1 fully saturated rings. The van der Waals surface area contributed by atoms with Crippen molar-refractivity contribution in [3.05, 3.63) is 19.3 Å². The first kappa shape index (κ1) is 6.13. The van der Waals surface area contributed by atoms with E-state index < -0.39 is 6.16 Å². The average molecular weight is 127 g/mol. The predicted molar refractivity (Wildman–Crippen MR) is 30.5 cm³/mol. The van der Waals surface area contributed by atoms with Crippen LogP contribution in [0.4, 0.5) is 4.79 Å². The standard InChI is InChI=1S/C6H7O3/c1-2-3-5-4-8-6(7)9-5/h2,4-5H,1,3H2. The molecule has 0 bridgehead atoms. The molecule has 0 aromatic rings. The van der Waals surface area contributed by atoms with Gasteiger partial charge in [-0.3, -0.25) is 0 Å². The van der Waals surface area contributed by atoms with Crippen molar-refractivity contribution in [2.45, 2.75) is 12.5 Å². The van der Waals surface area contributed by atoms with Crippen LogP contribution in [0.5, 0.6) is 0 Å². The largest absolute Gasteiger partial charge is 0.509 e. The molecule has 1 aliphatic rings. The van der Waals surface area contributed by atoms with E-state index >= 15 is 0 Å². The van der Waals surface area contributed by atoms with Crippen LogP contribution < -0.4 is 0 Å². The van der Waals surface area contributed by atoms with Crippen molar-refractivity contribution in [2.24, 2.45) is 0 Å². The van der Waals surface area contributed by atoms with Gasteiger partial charge in [0.05, 0.1) is 0 Å². The van der Waals surface area contributed by atoms with E-state index in [1.807, 2.05) is 0 Å². The van der Waals surface area contributed by atoms with E-state index in [-0.39, 0.29) is 6.10 Å². The summed E-state index contributed by atoms with van der Waals surface area (Å²) < 4.78 is 9.00. The zero-order chi connectivity index (χ0) is 6.69. The Hall–Kier alpha value is -0.990. The molecule has 1 heterocycles. The van der Waals surface area contributed by atoms with Crippen LogP contribution in [0.3, 0.4) is 0 Å². The highest BCUT2D eigenvalue weighted by molar-refractivity contribution is 5.62. The zero-order valence-electron chi connectivity index (χ0n) is 4.87. The Morgan fingerprint density at radius 3 is 3.11 bits per heavy atom. The molecule has 0 aromatic carbocycles. The molecule has 0 aliphatic carbocycles. The summed E-state index contributed by atoms with van der Waals surface area (Å²) in [6.45, 7) is 4.85. The Morgan fingerprint density at radius 2 is 2.67 bits per heavy atom. The maximum Gasteiger partial charge on any atom is 0.509 e. The molecule has 3 heteroatoms. The smallest absolute Gasteiger partial charge is 0.427 e. The van der Waals surface area contributed by atoms with Gasteiger partial charge >= 0.3 is 6.16 Å². The molecule has 0 spiro atoms. The summed E-state index contributed by atoms with van der Waals surface area (Å²) in [4.78, 5) is 10.2. The average Bonchev–Trinajstić information content (AvgIpc) is 2.17. The third kappa shape index (κ3) is 1.45. The van der Waals surface area contributed by atoms with Gasteiger partial charge in [-0.05, 0) is 0 Å². The SMILES string of the molecule is C=CCC1[CH]OC(=O)O1. The third-order valence-corrected chi connectivity index (χ3v) is 0.963. The van der Waals surface area contributed by atoms with Crippen molar-refractivity contribution < 1.29 is 14.3 Å². The van der Waals surface area contributed by atoms with Gasteiger partial charge in [-0.1, -0.05) is 6.08 Å². The molecule has 3 nitrogen and oxygen atoms in total. The summed E-state index contributed by atoms with van der Waals surface area (Å²) in [6, 6.07) is 0. The van der Waals surface area contributed by atoms with Crippen LogP contribution >= 0.6 is 0 Å². The van der Waals surface area contributed by atoms with Crippen molar-refractivity contribution >= 4 is 6.16 Å². The molecule has 9 heavy (non-hydrogen) atoms. The molecular formula is C6H7O3. The van der Waals surface area contributed by atoms with E-state index in [0.29, 0.717) is 6.42 Å². The van der Waals surface area contributed by atoms with E-state index in [9.17, 15) is 4.79 Å². The Labute approximate surface area is 53.3 Å². The molecule has 1 saturated heterocycles. The molecule has 0 amide bonds. The second kappa shape index (κ2) is 2.53. The van der Waals surface area contributed by atoms with Crippen LogP contribution in [0.1, 0.15) is 6.42 Å². The first-order chi connectivity index (χ1) is 4.33. The monoisotopic (exact) mass is 127 g/mol. The lowest BCUT2D eigenvalue weighted by molar-refractivity contribution is 0.119. The first-order valence-electron chi connectivity index (χ1n) is 2.64. The van der Waals surface area contributed by atoms with Crippen LogP contribution in [-0.2, 0) is 9.47 Å². The summed E-state index contributed by atoms with van der Waals surface area (Å²) in [6.07, 6.45) is 1.44. The van der Waals surface area contributed by atoms with E-state index in [0.717, 1.165) is 0 Å². The molecule has 49 valence electrons. The van der Waals surface area contributed by atoms with Crippen LogP contribution in [-0.4, -0.2) is 12.3 Å². The quantitative estimate of drug-likeness (QED) is 0.413. The summed E-state index contributed by atoms with van der Waals surface area (Å²) in [7, 11) is 0. The molecule has 1 unspecified atom stereocenters. The van der Waals surface area contributed by atoms with Gasteiger partial charge < -0.3 is 9.47 Å². The number of rotatable bonds is 2. The molecule has 1 atom stereocenters. The Balaban J connectivity index is 2.29. The Kier molecular flexibility index (Phi) is 1.72. The number of ether oxygens (including phenoxy) is 2. The van der Waals surface area contributed by atoms with E-state index in [1.165, 1.54) is 6.61 Å². The second-order valence-electron chi connectivity index (χ2n) is 1.68. The Morgan fingerprint density at radius 1 is 1.89 bits per heavy atom. The number of carbonyl (C=O) groups excluding carboxylic acids is 1. The maximum atomic E-state index is 10.2. The van der Waals surface area contributed by atoms with Gasteiger partial charge in [-0.25, -0.2) is 4.79 Å². The molecule has 1 radical (unpaired) electrons. The van der Waals surface area contributed by atoms with Crippen LogP contribution in [0, 0.1) is 6.61 Å². The van der Waals surface area contributed by atoms with Crippen molar-refractivity contribution in [3.63, 3.8) is 0 Å². The van der Waals surface area contributed by atoms with E-state index in [4.69, 9.17) is 0 Å². The lowest BCUT2D eigenvalue weighted by atomic mass is 10.3. The second-order valence-corrected chi connectivity index (χ2v) is 1.68. The highest BCUT2D eigenvalue weighted by Crippen LogP contribution is 2.13. The number of hydrogen-bond acceptors (Lipinski definition) is 3. The minimum Gasteiger partial charge on any atom is -0.427 e. The molecule has 0 saturated carbocycles. The summed E-state index contributed by atoms with van der Waals surface area (Å²) >= 11 is 0. The van der Waals surface area contributed by atoms with Gasteiger partial charge in [0, 0.05) is 6.42 Å². The van der Waals surface area contributed by atoms with Gasteiger partial charge in [0.1, 0.15) is 6.10 Å². The molecule has 1 rings (SSSR count). The van der Waals surface area contributed by atoms with E-state index in [1.54, 1.807) is 6.08 Å². The molecule has 0 aromatic heterocycles. The normalized spacial score (nSPS) is 24.9. The summed E-state index contributed by atoms with van der Waals surface area (Å²) in [5.41, 5.74) is 0. The number of carbonyl (C=O) groups is 1. The Bertz CT molecular complexity index is 130. The van der Waals surface area contributed by atoms with Crippen LogP contribution in [0.15, 0.2) is 12.7 Å².